The third kappa shape index (κ3) is 2.86. The van der Waals surface area contributed by atoms with E-state index in [0.29, 0.717) is 12.1 Å². The molecule has 0 unspecified atom stereocenters. The van der Waals surface area contributed by atoms with Gasteiger partial charge in [-0.15, -0.1) is 6.42 Å². The van der Waals surface area contributed by atoms with Crippen molar-refractivity contribution in [2.24, 2.45) is 0 Å². The normalized spacial score (nSPS) is 10.8. The Kier molecular flexibility index (Phi) is 4.03. The summed E-state index contributed by atoms with van der Waals surface area (Å²) in [6.45, 7) is 3.43. The summed E-state index contributed by atoms with van der Waals surface area (Å²) in [7, 11) is 2.01. The number of fused-ring (bicyclic) bond motifs is 1. The van der Waals surface area contributed by atoms with E-state index in [1.54, 1.807) is 6.20 Å². The van der Waals surface area contributed by atoms with Gasteiger partial charge in [-0.2, -0.15) is 0 Å². The van der Waals surface area contributed by atoms with Crippen molar-refractivity contribution in [3.63, 3.8) is 0 Å². The highest BCUT2D eigenvalue weighted by Gasteiger charge is 2.10. The lowest BCUT2D eigenvalue weighted by Gasteiger charge is -2.15. The third-order valence-electron chi connectivity index (χ3n) is 3.27. The number of hydrogen-bond donors (Lipinski definition) is 1. The van der Waals surface area contributed by atoms with Gasteiger partial charge in [0.25, 0.3) is 0 Å². The summed E-state index contributed by atoms with van der Waals surface area (Å²) >= 11 is 0. The number of hydrogen-bond acceptors (Lipinski definition) is 3. The van der Waals surface area contributed by atoms with E-state index >= 15 is 0 Å². The zero-order chi connectivity index (χ0) is 13.8. The van der Waals surface area contributed by atoms with Gasteiger partial charge in [-0.25, -0.2) is 0 Å². The van der Waals surface area contributed by atoms with E-state index in [-0.39, 0.29) is 5.75 Å². The maximum Gasteiger partial charge on any atom is 0.144 e. The molecule has 0 amide bonds. The van der Waals surface area contributed by atoms with Crippen molar-refractivity contribution in [1.29, 1.82) is 0 Å². The first-order valence-corrected chi connectivity index (χ1v) is 6.31. The van der Waals surface area contributed by atoms with Gasteiger partial charge in [0.05, 0.1) is 6.54 Å². The molecule has 1 heterocycles. The number of likely N-dealkylation sites (N-methyl/N-ethyl adjacent to an activating group) is 1. The van der Waals surface area contributed by atoms with Gasteiger partial charge in [0, 0.05) is 18.1 Å². The molecule has 0 radical (unpaired) electrons. The molecule has 0 atom stereocenters. The summed E-state index contributed by atoms with van der Waals surface area (Å²) in [4.78, 5) is 6.37. The van der Waals surface area contributed by atoms with Gasteiger partial charge in [-0.3, -0.25) is 9.88 Å². The lowest BCUT2D eigenvalue weighted by molar-refractivity contribution is 0.381. The largest absolute Gasteiger partial charge is 0.505 e. The quantitative estimate of drug-likeness (QED) is 0.851. The molecule has 0 saturated heterocycles. The van der Waals surface area contributed by atoms with Crippen LogP contribution < -0.4 is 0 Å². The minimum absolute atomic E-state index is 0.274. The maximum atomic E-state index is 10.0. The lowest BCUT2D eigenvalue weighted by atomic mass is 10.0. The van der Waals surface area contributed by atoms with Gasteiger partial charge in [-0.1, -0.05) is 18.1 Å². The van der Waals surface area contributed by atoms with Crippen molar-refractivity contribution in [2.45, 2.75) is 13.3 Å². The maximum absolute atomic E-state index is 10.0. The van der Waals surface area contributed by atoms with Crippen LogP contribution in [0.2, 0.25) is 0 Å². The van der Waals surface area contributed by atoms with Crippen LogP contribution in [0.3, 0.4) is 0 Å². The van der Waals surface area contributed by atoms with Crippen LogP contribution >= 0.6 is 0 Å². The van der Waals surface area contributed by atoms with E-state index in [9.17, 15) is 5.11 Å². The highest BCUT2D eigenvalue weighted by Crippen LogP contribution is 2.29. The number of benzene rings is 1. The van der Waals surface area contributed by atoms with Crippen LogP contribution in [0.15, 0.2) is 24.4 Å². The molecule has 19 heavy (non-hydrogen) atoms. The van der Waals surface area contributed by atoms with E-state index in [4.69, 9.17) is 6.42 Å². The van der Waals surface area contributed by atoms with Crippen molar-refractivity contribution in [3.8, 4) is 18.1 Å². The highest BCUT2D eigenvalue weighted by molar-refractivity contribution is 5.88. The average Bonchev–Trinajstić information content (AvgIpc) is 2.42. The fraction of sp³-hybridized carbons (Fsp3) is 0.312. The molecule has 0 fully saturated rings. The van der Waals surface area contributed by atoms with Crippen LogP contribution in [0.25, 0.3) is 10.9 Å². The summed E-state index contributed by atoms with van der Waals surface area (Å²) in [5.74, 6) is 2.91. The van der Waals surface area contributed by atoms with Crippen molar-refractivity contribution in [3.05, 3.63) is 35.5 Å². The lowest BCUT2D eigenvalue weighted by Crippen LogP contribution is -2.21. The highest BCUT2D eigenvalue weighted by atomic mass is 16.3. The molecule has 0 spiro atoms. The second-order valence-corrected chi connectivity index (χ2v) is 4.79. The Bertz CT molecular complexity index is 628. The summed E-state index contributed by atoms with van der Waals surface area (Å²) in [6, 6.07) is 5.92. The number of aromatic hydroxyl groups is 1. The first-order valence-electron chi connectivity index (χ1n) is 6.31. The van der Waals surface area contributed by atoms with E-state index in [2.05, 4.69) is 15.8 Å². The predicted octanol–water partition coefficient (Wildman–Crippen LogP) is 2.36. The fourth-order valence-electron chi connectivity index (χ4n) is 2.20. The number of aryl methyl sites for hydroxylation is 1. The smallest absolute Gasteiger partial charge is 0.144 e. The molecule has 3 nitrogen and oxygen atoms in total. The molecule has 3 heteroatoms. The second kappa shape index (κ2) is 5.73. The number of phenols is 1. The first-order chi connectivity index (χ1) is 9.13. The van der Waals surface area contributed by atoms with Crippen molar-refractivity contribution in [1.82, 2.24) is 9.88 Å². The topological polar surface area (TPSA) is 36.4 Å². The molecule has 0 saturated carbocycles. The minimum atomic E-state index is 0.274. The molecular formula is C16H18N2O. The molecule has 1 aromatic carbocycles. The standard InChI is InChI=1S/C16H18N2O/c1-4-9-18(3)10-7-13-11-12(2)16(19)15-14(13)6-5-8-17-15/h1,5-6,8,11,19H,7,9-10H2,2-3H3. The molecule has 0 aliphatic carbocycles. The molecule has 0 aliphatic rings. The SMILES string of the molecule is C#CCN(C)CCc1cc(C)c(O)c2ncccc12. The zero-order valence-electron chi connectivity index (χ0n) is 11.3. The minimum Gasteiger partial charge on any atom is -0.505 e. The van der Waals surface area contributed by atoms with E-state index in [1.807, 2.05) is 32.2 Å². The van der Waals surface area contributed by atoms with Crippen molar-refractivity contribution < 1.29 is 5.11 Å². The van der Waals surface area contributed by atoms with E-state index in [0.717, 1.165) is 23.9 Å². The van der Waals surface area contributed by atoms with Gasteiger partial charge in [0.1, 0.15) is 11.3 Å². The van der Waals surface area contributed by atoms with Crippen LogP contribution in [0.1, 0.15) is 11.1 Å². The van der Waals surface area contributed by atoms with Crippen molar-refractivity contribution >= 4 is 10.9 Å². The zero-order valence-corrected chi connectivity index (χ0v) is 11.3. The Morgan fingerprint density at radius 3 is 3.00 bits per heavy atom. The van der Waals surface area contributed by atoms with Gasteiger partial charge in [-0.05, 0) is 37.6 Å². The molecule has 0 bridgehead atoms. The summed E-state index contributed by atoms with van der Waals surface area (Å²) in [6.07, 6.45) is 7.89. The Morgan fingerprint density at radius 2 is 2.26 bits per heavy atom. The number of phenolic OH excluding ortho intramolecular Hbond substituents is 1. The van der Waals surface area contributed by atoms with Gasteiger partial charge >= 0.3 is 0 Å². The number of nitrogens with zero attached hydrogens (tertiary/aromatic N) is 2. The third-order valence-corrected chi connectivity index (χ3v) is 3.27. The molecule has 1 aromatic heterocycles. The van der Waals surface area contributed by atoms with E-state index in [1.165, 1.54) is 5.56 Å². The van der Waals surface area contributed by atoms with Crippen LogP contribution in [0.4, 0.5) is 0 Å². The molecular weight excluding hydrogens is 236 g/mol. The van der Waals surface area contributed by atoms with Gasteiger partial charge in [0.15, 0.2) is 0 Å². The van der Waals surface area contributed by atoms with Crippen LogP contribution in [0.5, 0.6) is 5.75 Å². The van der Waals surface area contributed by atoms with Crippen LogP contribution in [-0.2, 0) is 6.42 Å². The Morgan fingerprint density at radius 1 is 1.47 bits per heavy atom. The summed E-state index contributed by atoms with van der Waals surface area (Å²) in [5, 5.41) is 11.1. The van der Waals surface area contributed by atoms with Crippen molar-refractivity contribution in [2.75, 3.05) is 20.1 Å². The number of rotatable bonds is 4. The van der Waals surface area contributed by atoms with E-state index < -0.39 is 0 Å². The molecule has 1 N–H and O–H groups in total. The number of terminal acetylenes is 1. The first kappa shape index (κ1) is 13.4. The molecule has 0 aliphatic heterocycles. The Hall–Kier alpha value is -2.05. The Balaban J connectivity index is 2.33. The molecule has 2 aromatic rings. The van der Waals surface area contributed by atoms with Gasteiger partial charge in [0.2, 0.25) is 0 Å². The second-order valence-electron chi connectivity index (χ2n) is 4.79. The van der Waals surface area contributed by atoms with Crippen LogP contribution in [-0.4, -0.2) is 35.1 Å². The molecule has 2 rings (SSSR count). The Labute approximate surface area is 113 Å². The fourth-order valence-corrected chi connectivity index (χ4v) is 2.20. The number of aromatic nitrogens is 1. The average molecular weight is 254 g/mol. The predicted molar refractivity (Wildman–Crippen MR) is 78.2 cm³/mol. The van der Waals surface area contributed by atoms with Crippen LogP contribution in [0, 0.1) is 19.3 Å². The molecule has 98 valence electrons. The summed E-state index contributed by atoms with van der Waals surface area (Å²) < 4.78 is 0. The summed E-state index contributed by atoms with van der Waals surface area (Å²) in [5.41, 5.74) is 2.74. The monoisotopic (exact) mass is 254 g/mol. The van der Waals surface area contributed by atoms with Gasteiger partial charge < -0.3 is 5.11 Å². The number of pyridine rings is 1.